The first-order valence-electron chi connectivity index (χ1n) is 8.25. The second-order valence-corrected chi connectivity index (χ2v) is 6.52. The Morgan fingerprint density at radius 3 is 2.54 bits per heavy atom. The maximum absolute atomic E-state index is 12.5. The van der Waals surface area contributed by atoms with Gasteiger partial charge in [-0.3, -0.25) is 0 Å². The monoisotopic (exact) mass is 374 g/mol. The number of β-amino-alcohol motifs (C(OH)–C–C–N with tert-alkyl or cyclic N) is 1. The van der Waals surface area contributed by atoms with Crippen molar-refractivity contribution in [3.05, 3.63) is 65.2 Å². The summed E-state index contributed by atoms with van der Waals surface area (Å²) in [6.45, 7) is 0.198. The molecule has 0 bridgehead atoms. The molecule has 1 aliphatic rings. The van der Waals surface area contributed by atoms with Gasteiger partial charge in [-0.1, -0.05) is 41.9 Å². The molecule has 0 saturated carbocycles. The van der Waals surface area contributed by atoms with Gasteiger partial charge in [0.25, 0.3) is 0 Å². The average molecular weight is 375 g/mol. The lowest BCUT2D eigenvalue weighted by Crippen LogP contribution is -2.43. The van der Waals surface area contributed by atoms with E-state index in [0.29, 0.717) is 10.7 Å². The number of amides is 2. The summed E-state index contributed by atoms with van der Waals surface area (Å²) >= 11 is 5.83. The lowest BCUT2D eigenvalue weighted by Gasteiger charge is -2.23. The fraction of sp³-hybridized carbons (Fsp3) is 0.263. The van der Waals surface area contributed by atoms with Gasteiger partial charge in [0.1, 0.15) is 12.6 Å². The van der Waals surface area contributed by atoms with Crippen LogP contribution in [0.25, 0.3) is 0 Å². The zero-order chi connectivity index (χ0) is 18.5. The lowest BCUT2D eigenvalue weighted by molar-refractivity contribution is -0.149. The van der Waals surface area contributed by atoms with Crippen LogP contribution >= 0.6 is 11.6 Å². The number of rotatable bonds is 4. The van der Waals surface area contributed by atoms with E-state index in [9.17, 15) is 14.7 Å². The first-order chi connectivity index (χ1) is 12.5. The molecule has 0 spiro atoms. The third kappa shape index (κ3) is 4.53. The summed E-state index contributed by atoms with van der Waals surface area (Å²) in [7, 11) is 0. The molecular weight excluding hydrogens is 356 g/mol. The smallest absolute Gasteiger partial charge is 0.329 e. The number of aliphatic hydroxyl groups excluding tert-OH is 1. The molecule has 1 fully saturated rings. The molecule has 7 heteroatoms. The average Bonchev–Trinajstić information content (AvgIpc) is 3.04. The Balaban J connectivity index is 1.62. The molecular formula is C19H19ClN2O4. The molecule has 2 atom stereocenters. The molecule has 2 N–H and O–H groups in total. The minimum absolute atomic E-state index is 0.0739. The second-order valence-electron chi connectivity index (χ2n) is 6.09. The fourth-order valence-electron chi connectivity index (χ4n) is 2.82. The lowest BCUT2D eigenvalue weighted by atomic mass is 10.2. The number of hydrogen-bond donors (Lipinski definition) is 2. The maximum atomic E-state index is 12.5. The molecule has 1 aliphatic heterocycles. The zero-order valence-corrected chi connectivity index (χ0v) is 14.7. The summed E-state index contributed by atoms with van der Waals surface area (Å²) in [6.07, 6.45) is -0.609. The Kier molecular flexibility index (Phi) is 5.75. The molecule has 1 saturated heterocycles. The van der Waals surface area contributed by atoms with Crippen LogP contribution in [-0.4, -0.2) is 40.7 Å². The molecule has 2 aromatic rings. The molecule has 26 heavy (non-hydrogen) atoms. The van der Waals surface area contributed by atoms with Gasteiger partial charge < -0.3 is 20.1 Å². The van der Waals surface area contributed by atoms with Crippen molar-refractivity contribution in [3.63, 3.8) is 0 Å². The van der Waals surface area contributed by atoms with Gasteiger partial charge in [0.2, 0.25) is 0 Å². The predicted molar refractivity (Wildman–Crippen MR) is 97.8 cm³/mol. The van der Waals surface area contributed by atoms with Crippen molar-refractivity contribution in [1.29, 1.82) is 0 Å². The highest BCUT2D eigenvalue weighted by atomic mass is 35.5. The van der Waals surface area contributed by atoms with E-state index in [4.69, 9.17) is 16.3 Å². The number of carbonyl (C=O) groups excluding carboxylic acids is 2. The number of benzene rings is 2. The van der Waals surface area contributed by atoms with Crippen LogP contribution in [0.15, 0.2) is 54.6 Å². The largest absolute Gasteiger partial charge is 0.459 e. The van der Waals surface area contributed by atoms with Crippen molar-refractivity contribution in [2.45, 2.75) is 25.2 Å². The number of anilines is 1. The van der Waals surface area contributed by atoms with E-state index in [1.165, 1.54) is 4.90 Å². The van der Waals surface area contributed by atoms with E-state index in [0.717, 1.165) is 5.56 Å². The molecule has 0 radical (unpaired) electrons. The van der Waals surface area contributed by atoms with Gasteiger partial charge in [0.15, 0.2) is 0 Å². The second kappa shape index (κ2) is 8.21. The molecule has 2 amide bonds. The van der Waals surface area contributed by atoms with Crippen LogP contribution in [0.5, 0.6) is 0 Å². The molecule has 0 aromatic heterocycles. The van der Waals surface area contributed by atoms with Crippen LogP contribution in [0.2, 0.25) is 5.02 Å². The van der Waals surface area contributed by atoms with Crippen LogP contribution in [0.1, 0.15) is 12.0 Å². The quantitative estimate of drug-likeness (QED) is 0.806. The summed E-state index contributed by atoms with van der Waals surface area (Å²) in [6, 6.07) is 14.6. The van der Waals surface area contributed by atoms with Crippen LogP contribution in [0, 0.1) is 0 Å². The Bertz CT molecular complexity index is 767. The minimum Gasteiger partial charge on any atom is -0.459 e. The highest BCUT2D eigenvalue weighted by Crippen LogP contribution is 2.22. The number of urea groups is 1. The number of nitrogens with zero attached hydrogens (tertiary/aromatic N) is 1. The van der Waals surface area contributed by atoms with Crippen LogP contribution in [0.3, 0.4) is 0 Å². The summed E-state index contributed by atoms with van der Waals surface area (Å²) in [5.41, 5.74) is 1.41. The van der Waals surface area contributed by atoms with Gasteiger partial charge in [0.05, 0.1) is 6.10 Å². The summed E-state index contributed by atoms with van der Waals surface area (Å²) in [5.74, 6) is -0.531. The number of ether oxygens (including phenoxy) is 1. The maximum Gasteiger partial charge on any atom is 0.329 e. The van der Waals surface area contributed by atoms with E-state index >= 15 is 0 Å². The topological polar surface area (TPSA) is 78.9 Å². The van der Waals surface area contributed by atoms with E-state index in [1.54, 1.807) is 24.3 Å². The standard InChI is InChI=1S/C19H19ClN2O4/c20-14-6-8-15(9-7-14)21-19(25)22-11-16(23)10-17(22)18(24)26-12-13-4-2-1-3-5-13/h1-9,16-17,23H,10-12H2,(H,21,25). The van der Waals surface area contributed by atoms with Gasteiger partial charge >= 0.3 is 12.0 Å². The molecule has 6 nitrogen and oxygen atoms in total. The number of halogens is 1. The van der Waals surface area contributed by atoms with Crippen LogP contribution in [0.4, 0.5) is 10.5 Å². The Labute approximate surface area is 156 Å². The van der Waals surface area contributed by atoms with Crippen molar-refractivity contribution in [2.75, 3.05) is 11.9 Å². The number of nitrogens with one attached hydrogen (secondary N) is 1. The Morgan fingerprint density at radius 1 is 1.15 bits per heavy atom. The number of aliphatic hydroxyl groups is 1. The van der Waals surface area contributed by atoms with Crippen molar-refractivity contribution >= 4 is 29.3 Å². The normalized spacial score (nSPS) is 19.2. The van der Waals surface area contributed by atoms with E-state index in [-0.39, 0.29) is 19.6 Å². The third-order valence-electron chi connectivity index (χ3n) is 4.13. The minimum atomic E-state index is -0.819. The van der Waals surface area contributed by atoms with Crippen LogP contribution in [-0.2, 0) is 16.1 Å². The Hall–Kier alpha value is -2.57. The number of esters is 1. The molecule has 1 heterocycles. The van der Waals surface area contributed by atoms with Crippen molar-refractivity contribution < 1.29 is 19.4 Å². The van der Waals surface area contributed by atoms with Crippen molar-refractivity contribution in [1.82, 2.24) is 4.90 Å². The zero-order valence-electron chi connectivity index (χ0n) is 14.0. The number of hydrogen-bond acceptors (Lipinski definition) is 4. The van der Waals surface area contributed by atoms with Gasteiger partial charge in [-0.2, -0.15) is 0 Å². The molecule has 2 aromatic carbocycles. The summed E-state index contributed by atoms with van der Waals surface area (Å²) in [4.78, 5) is 26.2. The molecule has 136 valence electrons. The van der Waals surface area contributed by atoms with Crippen molar-refractivity contribution in [2.24, 2.45) is 0 Å². The molecule has 0 aliphatic carbocycles. The number of likely N-dealkylation sites (tertiary alicyclic amines) is 1. The van der Waals surface area contributed by atoms with E-state index < -0.39 is 24.1 Å². The molecule has 3 rings (SSSR count). The van der Waals surface area contributed by atoms with E-state index in [2.05, 4.69) is 5.32 Å². The first-order valence-corrected chi connectivity index (χ1v) is 8.62. The van der Waals surface area contributed by atoms with Gasteiger partial charge in [-0.05, 0) is 29.8 Å². The predicted octanol–water partition coefficient (Wildman–Crippen LogP) is 3.05. The Morgan fingerprint density at radius 2 is 1.85 bits per heavy atom. The van der Waals surface area contributed by atoms with Gasteiger partial charge in [0, 0.05) is 23.7 Å². The fourth-order valence-corrected chi connectivity index (χ4v) is 2.94. The summed E-state index contributed by atoms with van der Waals surface area (Å²) in [5, 5.41) is 13.2. The third-order valence-corrected chi connectivity index (χ3v) is 4.38. The van der Waals surface area contributed by atoms with Crippen molar-refractivity contribution in [3.8, 4) is 0 Å². The van der Waals surface area contributed by atoms with Gasteiger partial charge in [-0.25, -0.2) is 9.59 Å². The highest BCUT2D eigenvalue weighted by molar-refractivity contribution is 6.30. The molecule has 2 unspecified atom stereocenters. The SMILES string of the molecule is O=C(OCc1ccccc1)C1CC(O)CN1C(=O)Nc1ccc(Cl)cc1. The highest BCUT2D eigenvalue weighted by Gasteiger charge is 2.40. The summed E-state index contributed by atoms with van der Waals surface area (Å²) < 4.78 is 5.32. The van der Waals surface area contributed by atoms with Crippen LogP contribution < -0.4 is 5.32 Å². The first kappa shape index (κ1) is 18.2. The number of carbonyl (C=O) groups is 2. The van der Waals surface area contributed by atoms with Gasteiger partial charge in [-0.15, -0.1) is 0 Å². The van der Waals surface area contributed by atoms with E-state index in [1.807, 2.05) is 30.3 Å².